The first-order chi connectivity index (χ1) is 9.11. The standard InChI is InChI=1S/C12H13N5O2/c1-8-2-3-9(6-13-8)10-14-15-16-17(10)7-12(4-5-12)11(18)19/h2-3,6H,4-5,7H2,1H3,(H,18,19). The molecule has 0 radical (unpaired) electrons. The number of carboxylic acid groups (broad SMARTS) is 1. The van der Waals surface area contributed by atoms with Crippen LogP contribution in [0, 0.1) is 12.3 Å². The summed E-state index contributed by atoms with van der Waals surface area (Å²) in [5, 5.41) is 20.7. The molecule has 0 aliphatic heterocycles. The highest BCUT2D eigenvalue weighted by Crippen LogP contribution is 2.47. The molecule has 0 spiro atoms. The molecular weight excluding hydrogens is 246 g/mol. The molecule has 0 atom stereocenters. The maximum absolute atomic E-state index is 11.2. The first kappa shape index (κ1) is 11.8. The third kappa shape index (κ3) is 2.07. The Bertz CT molecular complexity index is 615. The summed E-state index contributed by atoms with van der Waals surface area (Å²) in [5.41, 5.74) is 1.01. The zero-order chi connectivity index (χ0) is 13.5. The second kappa shape index (κ2) is 4.11. The van der Waals surface area contributed by atoms with Gasteiger partial charge in [0, 0.05) is 17.5 Å². The van der Waals surface area contributed by atoms with Gasteiger partial charge >= 0.3 is 5.97 Å². The van der Waals surface area contributed by atoms with Crippen molar-refractivity contribution in [2.45, 2.75) is 26.3 Å². The molecule has 3 rings (SSSR count). The van der Waals surface area contributed by atoms with E-state index in [2.05, 4.69) is 20.5 Å². The van der Waals surface area contributed by atoms with Crippen molar-refractivity contribution in [3.8, 4) is 11.4 Å². The largest absolute Gasteiger partial charge is 0.481 e. The summed E-state index contributed by atoms with van der Waals surface area (Å²) in [4.78, 5) is 15.4. The molecule has 1 aliphatic carbocycles. The van der Waals surface area contributed by atoms with Gasteiger partial charge in [0.05, 0.1) is 12.0 Å². The lowest BCUT2D eigenvalue weighted by Crippen LogP contribution is -2.22. The Morgan fingerprint density at radius 1 is 1.47 bits per heavy atom. The summed E-state index contributed by atoms with van der Waals surface area (Å²) in [6.07, 6.45) is 3.04. The lowest BCUT2D eigenvalue weighted by Gasteiger charge is -2.10. The summed E-state index contributed by atoms with van der Waals surface area (Å²) in [6, 6.07) is 3.75. The summed E-state index contributed by atoms with van der Waals surface area (Å²) in [6.45, 7) is 2.20. The number of hydrogen-bond donors (Lipinski definition) is 1. The van der Waals surface area contributed by atoms with E-state index in [1.165, 1.54) is 0 Å². The molecule has 1 saturated carbocycles. The smallest absolute Gasteiger partial charge is 0.311 e. The molecule has 1 N–H and O–H groups in total. The minimum absolute atomic E-state index is 0.304. The van der Waals surface area contributed by atoms with E-state index in [9.17, 15) is 9.90 Å². The molecule has 7 heteroatoms. The van der Waals surface area contributed by atoms with Crippen molar-refractivity contribution < 1.29 is 9.90 Å². The fourth-order valence-corrected chi connectivity index (χ4v) is 2.00. The first-order valence-corrected chi connectivity index (χ1v) is 6.03. The van der Waals surface area contributed by atoms with E-state index in [0.717, 1.165) is 11.3 Å². The fraction of sp³-hybridized carbons (Fsp3) is 0.417. The molecule has 0 unspecified atom stereocenters. The molecule has 19 heavy (non-hydrogen) atoms. The number of pyridine rings is 1. The van der Waals surface area contributed by atoms with Gasteiger partial charge < -0.3 is 5.11 Å². The molecule has 0 saturated heterocycles. The number of carbonyl (C=O) groups is 1. The van der Waals surface area contributed by atoms with Gasteiger partial charge in [-0.15, -0.1) is 5.10 Å². The van der Waals surface area contributed by atoms with Gasteiger partial charge in [0.25, 0.3) is 0 Å². The summed E-state index contributed by atoms with van der Waals surface area (Å²) in [7, 11) is 0. The zero-order valence-corrected chi connectivity index (χ0v) is 10.4. The Kier molecular flexibility index (Phi) is 2.55. The highest BCUT2D eigenvalue weighted by Gasteiger charge is 2.51. The minimum Gasteiger partial charge on any atom is -0.481 e. The number of nitrogens with zero attached hydrogens (tertiary/aromatic N) is 5. The van der Waals surface area contributed by atoms with Crippen LogP contribution in [0.2, 0.25) is 0 Å². The van der Waals surface area contributed by atoms with Crippen LogP contribution in [0.15, 0.2) is 18.3 Å². The molecule has 7 nitrogen and oxygen atoms in total. The average molecular weight is 259 g/mol. The van der Waals surface area contributed by atoms with Crippen LogP contribution in [-0.4, -0.2) is 36.3 Å². The van der Waals surface area contributed by atoms with Crippen molar-refractivity contribution in [2.75, 3.05) is 0 Å². The van der Waals surface area contributed by atoms with E-state index in [-0.39, 0.29) is 0 Å². The summed E-state index contributed by atoms with van der Waals surface area (Å²) >= 11 is 0. The van der Waals surface area contributed by atoms with E-state index in [1.807, 2.05) is 19.1 Å². The van der Waals surface area contributed by atoms with Crippen LogP contribution in [0.25, 0.3) is 11.4 Å². The van der Waals surface area contributed by atoms with Gasteiger partial charge in [-0.25, -0.2) is 4.68 Å². The molecule has 2 aromatic heterocycles. The number of tetrazole rings is 1. The van der Waals surface area contributed by atoms with E-state index < -0.39 is 11.4 Å². The van der Waals surface area contributed by atoms with Crippen LogP contribution in [0.4, 0.5) is 0 Å². The topological polar surface area (TPSA) is 93.8 Å². The molecule has 0 bridgehead atoms. The average Bonchev–Trinajstić information content (AvgIpc) is 3.03. The first-order valence-electron chi connectivity index (χ1n) is 6.03. The lowest BCUT2D eigenvalue weighted by molar-refractivity contribution is -0.144. The van der Waals surface area contributed by atoms with Gasteiger partial charge in [-0.3, -0.25) is 9.78 Å². The van der Waals surface area contributed by atoms with Gasteiger partial charge in [0.2, 0.25) is 0 Å². The van der Waals surface area contributed by atoms with Crippen LogP contribution in [-0.2, 0) is 11.3 Å². The highest BCUT2D eigenvalue weighted by atomic mass is 16.4. The molecule has 1 fully saturated rings. The van der Waals surface area contributed by atoms with E-state index in [1.54, 1.807) is 10.9 Å². The number of rotatable bonds is 4. The Balaban J connectivity index is 1.91. The Morgan fingerprint density at radius 3 is 2.84 bits per heavy atom. The molecule has 0 aromatic carbocycles. The summed E-state index contributed by atoms with van der Waals surface area (Å²) in [5.74, 6) is -0.226. The van der Waals surface area contributed by atoms with Crippen molar-refractivity contribution in [3.63, 3.8) is 0 Å². The molecule has 1 aliphatic rings. The van der Waals surface area contributed by atoms with Crippen molar-refractivity contribution in [2.24, 2.45) is 5.41 Å². The Morgan fingerprint density at radius 2 is 2.26 bits per heavy atom. The van der Waals surface area contributed by atoms with Crippen LogP contribution in [0.1, 0.15) is 18.5 Å². The highest BCUT2D eigenvalue weighted by molar-refractivity contribution is 5.77. The van der Waals surface area contributed by atoms with Crippen LogP contribution in [0.3, 0.4) is 0 Å². The third-order valence-corrected chi connectivity index (χ3v) is 3.46. The van der Waals surface area contributed by atoms with Crippen molar-refractivity contribution in [1.29, 1.82) is 0 Å². The van der Waals surface area contributed by atoms with Crippen LogP contribution in [0.5, 0.6) is 0 Å². The fourth-order valence-electron chi connectivity index (χ4n) is 2.00. The van der Waals surface area contributed by atoms with Gasteiger partial charge in [0.1, 0.15) is 0 Å². The second-order valence-electron chi connectivity index (χ2n) is 4.93. The molecule has 98 valence electrons. The van der Waals surface area contributed by atoms with E-state index >= 15 is 0 Å². The SMILES string of the molecule is Cc1ccc(-c2nnnn2CC2(C(=O)O)CC2)cn1. The van der Waals surface area contributed by atoms with Crippen molar-refractivity contribution in [3.05, 3.63) is 24.0 Å². The molecule has 2 heterocycles. The lowest BCUT2D eigenvalue weighted by atomic mass is 10.1. The van der Waals surface area contributed by atoms with Gasteiger partial charge in [0.15, 0.2) is 5.82 Å². The monoisotopic (exact) mass is 259 g/mol. The van der Waals surface area contributed by atoms with Gasteiger partial charge in [-0.2, -0.15) is 0 Å². The zero-order valence-electron chi connectivity index (χ0n) is 10.4. The van der Waals surface area contributed by atoms with Crippen LogP contribution >= 0.6 is 0 Å². The molecular formula is C12H13N5O2. The second-order valence-corrected chi connectivity index (χ2v) is 4.93. The number of hydrogen-bond acceptors (Lipinski definition) is 5. The number of aliphatic carboxylic acids is 1. The third-order valence-electron chi connectivity index (χ3n) is 3.46. The van der Waals surface area contributed by atoms with E-state index in [0.29, 0.717) is 25.2 Å². The summed E-state index contributed by atoms with van der Waals surface area (Å²) < 4.78 is 1.55. The Hall–Kier alpha value is -2.31. The van der Waals surface area contributed by atoms with Gasteiger partial charge in [-0.1, -0.05) is 0 Å². The predicted octanol–water partition coefficient (Wildman–Crippen LogP) is 0.908. The van der Waals surface area contributed by atoms with Gasteiger partial charge in [-0.05, 0) is 42.3 Å². The van der Waals surface area contributed by atoms with Crippen molar-refractivity contribution in [1.82, 2.24) is 25.2 Å². The predicted molar refractivity (Wildman–Crippen MR) is 65.1 cm³/mol. The van der Waals surface area contributed by atoms with Crippen molar-refractivity contribution >= 4 is 5.97 Å². The quantitative estimate of drug-likeness (QED) is 0.877. The molecule has 2 aromatic rings. The Labute approximate surface area is 109 Å². The minimum atomic E-state index is -0.781. The number of aryl methyl sites for hydroxylation is 1. The number of carboxylic acids is 1. The maximum Gasteiger partial charge on any atom is 0.311 e. The van der Waals surface area contributed by atoms with E-state index in [4.69, 9.17) is 0 Å². The number of aromatic nitrogens is 5. The van der Waals surface area contributed by atoms with Crippen LogP contribution < -0.4 is 0 Å². The maximum atomic E-state index is 11.2. The molecule has 0 amide bonds. The normalized spacial score (nSPS) is 16.3.